The van der Waals surface area contributed by atoms with Gasteiger partial charge in [0.15, 0.2) is 18.9 Å². The molecule has 32 heavy (non-hydrogen) atoms. The number of methoxy groups -OCH3 is 1. The number of nitrogens with one attached hydrogen (secondary N) is 1. The molecular weight excluding hydrogens is 406 g/mol. The van der Waals surface area contributed by atoms with Crippen LogP contribution < -0.4 is 4.57 Å². The molecule has 5 rings (SSSR count). The van der Waals surface area contributed by atoms with Gasteiger partial charge in [-0.15, -0.1) is 0 Å². The van der Waals surface area contributed by atoms with E-state index in [0.29, 0.717) is 12.1 Å². The summed E-state index contributed by atoms with van der Waals surface area (Å²) in [6.45, 7) is 2.61. The first kappa shape index (κ1) is 19.7. The molecule has 0 spiro atoms. The van der Waals surface area contributed by atoms with Crippen LogP contribution in [0.25, 0.3) is 32.6 Å². The third kappa shape index (κ3) is 3.06. The second-order valence-corrected chi connectivity index (χ2v) is 7.78. The van der Waals surface area contributed by atoms with Crippen LogP contribution in [-0.2, 0) is 11.3 Å². The first-order valence-corrected chi connectivity index (χ1v) is 10.2. The zero-order valence-corrected chi connectivity index (χ0v) is 17.6. The van der Waals surface area contributed by atoms with Crippen LogP contribution in [-0.4, -0.2) is 23.0 Å². The molecule has 2 heterocycles. The first-order valence-electron chi connectivity index (χ1n) is 10.2. The Morgan fingerprint density at radius 2 is 1.81 bits per heavy atom. The maximum Gasteiger partial charge on any atom is 0.340 e. The predicted molar refractivity (Wildman–Crippen MR) is 122 cm³/mol. The van der Waals surface area contributed by atoms with Gasteiger partial charge in [-0.3, -0.25) is 10.1 Å². The third-order valence-electron chi connectivity index (χ3n) is 5.92. The van der Waals surface area contributed by atoms with Gasteiger partial charge in [0.05, 0.1) is 28.5 Å². The summed E-state index contributed by atoms with van der Waals surface area (Å²) in [5.41, 5.74) is 4.33. The number of nitrogens with zero attached hydrogens (tertiary/aromatic N) is 2. The normalized spacial score (nSPS) is 11.3. The van der Waals surface area contributed by atoms with Gasteiger partial charge in [0.2, 0.25) is 0 Å². The number of aromatic nitrogens is 2. The molecule has 2 aromatic heterocycles. The number of nitro groups is 1. The Balaban J connectivity index is 1.72. The minimum absolute atomic E-state index is 0.0672. The Kier molecular flexibility index (Phi) is 4.59. The van der Waals surface area contributed by atoms with Crippen LogP contribution in [0, 0.1) is 17.0 Å². The molecule has 0 saturated carbocycles. The number of H-pyrrole nitrogens is 1. The summed E-state index contributed by atoms with van der Waals surface area (Å²) in [5.74, 6) is -0.389. The van der Waals surface area contributed by atoms with E-state index in [1.807, 2.05) is 47.3 Å². The van der Waals surface area contributed by atoms with Crippen molar-refractivity contribution in [2.45, 2.75) is 13.5 Å². The summed E-state index contributed by atoms with van der Waals surface area (Å²) in [4.78, 5) is 26.7. The summed E-state index contributed by atoms with van der Waals surface area (Å²) in [7, 11) is 1.39. The number of ether oxygens (including phenoxy) is 1. The van der Waals surface area contributed by atoms with Gasteiger partial charge in [-0.2, -0.15) is 0 Å². The van der Waals surface area contributed by atoms with E-state index in [4.69, 9.17) is 4.74 Å². The quantitative estimate of drug-likeness (QED) is 0.193. The van der Waals surface area contributed by atoms with E-state index in [0.717, 1.165) is 43.7 Å². The molecule has 0 fully saturated rings. The second kappa shape index (κ2) is 7.46. The number of carbonyl (C=O) groups excluding carboxylic acids is 1. The van der Waals surface area contributed by atoms with Crippen LogP contribution in [0.15, 0.2) is 67.0 Å². The van der Waals surface area contributed by atoms with Crippen molar-refractivity contribution in [3.05, 3.63) is 93.8 Å². The monoisotopic (exact) mass is 426 g/mol. The average Bonchev–Trinajstić information content (AvgIpc) is 3.19. The highest BCUT2D eigenvalue weighted by molar-refractivity contribution is 6.23. The van der Waals surface area contributed by atoms with Gasteiger partial charge in [0.25, 0.3) is 5.69 Å². The number of non-ortho nitro benzene ring substituents is 1. The number of aryl methyl sites for hydroxylation is 1. The summed E-state index contributed by atoms with van der Waals surface area (Å²) < 4.78 is 7.14. The van der Waals surface area contributed by atoms with Crippen LogP contribution in [0.5, 0.6) is 0 Å². The lowest BCUT2D eigenvalue weighted by Crippen LogP contribution is -2.33. The fourth-order valence-corrected chi connectivity index (χ4v) is 4.39. The van der Waals surface area contributed by atoms with E-state index in [2.05, 4.69) is 11.9 Å². The number of nitro benzene ring substituents is 1. The van der Waals surface area contributed by atoms with Crippen molar-refractivity contribution >= 4 is 44.2 Å². The molecule has 0 saturated heterocycles. The van der Waals surface area contributed by atoms with Gasteiger partial charge < -0.3 is 9.72 Å². The molecule has 3 aromatic carbocycles. The number of pyridine rings is 1. The molecule has 7 nitrogen and oxygen atoms in total. The van der Waals surface area contributed by atoms with Gasteiger partial charge in [-0.25, -0.2) is 9.36 Å². The number of esters is 1. The second-order valence-electron chi connectivity index (χ2n) is 7.78. The Bertz CT molecular complexity index is 1530. The molecule has 0 unspecified atom stereocenters. The molecule has 158 valence electrons. The Hall–Kier alpha value is -4.26. The summed E-state index contributed by atoms with van der Waals surface area (Å²) in [5, 5.41) is 14.7. The fourth-order valence-electron chi connectivity index (χ4n) is 4.39. The minimum atomic E-state index is -0.406. The van der Waals surface area contributed by atoms with Gasteiger partial charge >= 0.3 is 5.97 Å². The van der Waals surface area contributed by atoms with Gasteiger partial charge in [-0.1, -0.05) is 18.2 Å². The lowest BCUT2D eigenvalue weighted by molar-refractivity contribution is -0.687. The minimum Gasteiger partial charge on any atom is -0.465 e. The predicted octanol–water partition coefficient (Wildman–Crippen LogP) is 4.81. The third-order valence-corrected chi connectivity index (χ3v) is 5.92. The number of fused-ring (bicyclic) bond motifs is 4. The van der Waals surface area contributed by atoms with Crippen LogP contribution in [0.2, 0.25) is 0 Å². The number of carbonyl (C=O) groups is 1. The molecule has 7 heteroatoms. The van der Waals surface area contributed by atoms with E-state index in [1.165, 1.54) is 19.2 Å². The molecule has 5 aromatic rings. The van der Waals surface area contributed by atoms with Crippen molar-refractivity contribution in [1.29, 1.82) is 0 Å². The van der Waals surface area contributed by atoms with E-state index in [9.17, 15) is 14.9 Å². The number of aromatic amines is 1. The number of rotatable bonds is 4. The summed E-state index contributed by atoms with van der Waals surface area (Å²) >= 11 is 0. The molecule has 0 atom stereocenters. The highest BCUT2D eigenvalue weighted by Gasteiger charge is 2.23. The Morgan fingerprint density at radius 1 is 1.06 bits per heavy atom. The van der Waals surface area contributed by atoms with Crippen LogP contribution in [0.4, 0.5) is 5.69 Å². The summed E-state index contributed by atoms with van der Waals surface area (Å²) in [6.07, 6.45) is 3.92. The maximum atomic E-state index is 12.8. The zero-order valence-electron chi connectivity index (χ0n) is 17.6. The van der Waals surface area contributed by atoms with Crippen molar-refractivity contribution < 1.29 is 19.0 Å². The number of para-hydroxylation sites is 1. The molecule has 0 aliphatic heterocycles. The maximum absolute atomic E-state index is 12.8. The van der Waals surface area contributed by atoms with Crippen LogP contribution in [0.3, 0.4) is 0 Å². The van der Waals surface area contributed by atoms with Crippen molar-refractivity contribution in [2.24, 2.45) is 0 Å². The molecule has 0 amide bonds. The Morgan fingerprint density at radius 3 is 2.53 bits per heavy atom. The smallest absolute Gasteiger partial charge is 0.340 e. The molecular formula is C25H20N3O4+. The molecule has 0 aliphatic rings. The number of hydrogen-bond acceptors (Lipinski definition) is 4. The standard InChI is InChI=1S/C25H19N3O4/c1-15-20-14-27(13-16-7-9-17(10-8-16)28(30)31)12-11-18(20)23(25(29)32-2)24-22(15)19-5-3-4-6-21(19)26-24/h3-12,14H,13H2,1-2H3/p+1. The topological polar surface area (TPSA) is 89.1 Å². The lowest BCUT2D eigenvalue weighted by Gasteiger charge is -2.10. The number of hydrogen-bond donors (Lipinski definition) is 1. The molecule has 1 N–H and O–H groups in total. The molecule has 0 bridgehead atoms. The van der Waals surface area contributed by atoms with Crippen molar-refractivity contribution in [3.63, 3.8) is 0 Å². The molecule has 0 aliphatic carbocycles. The van der Waals surface area contributed by atoms with Crippen molar-refractivity contribution in [1.82, 2.24) is 4.98 Å². The molecule has 0 radical (unpaired) electrons. The highest BCUT2D eigenvalue weighted by Crippen LogP contribution is 2.36. The van der Waals surface area contributed by atoms with Crippen LogP contribution >= 0.6 is 0 Å². The van der Waals surface area contributed by atoms with Gasteiger partial charge in [0.1, 0.15) is 0 Å². The lowest BCUT2D eigenvalue weighted by atomic mass is 9.96. The van der Waals surface area contributed by atoms with Crippen LogP contribution in [0.1, 0.15) is 21.5 Å². The highest BCUT2D eigenvalue weighted by atomic mass is 16.6. The number of benzene rings is 3. The Labute approximate surface area is 183 Å². The van der Waals surface area contributed by atoms with E-state index >= 15 is 0 Å². The van der Waals surface area contributed by atoms with Crippen molar-refractivity contribution in [3.8, 4) is 0 Å². The first-order chi connectivity index (χ1) is 15.5. The average molecular weight is 426 g/mol. The zero-order chi connectivity index (χ0) is 22.4. The SMILES string of the molecule is COC(=O)c1c2cc[n+](Cc3ccc([N+](=O)[O-])cc3)cc2c(C)c2c1[nH]c1ccccc12. The summed E-state index contributed by atoms with van der Waals surface area (Å²) in [6, 6.07) is 16.4. The van der Waals surface area contributed by atoms with E-state index in [1.54, 1.807) is 12.1 Å². The van der Waals surface area contributed by atoms with Crippen molar-refractivity contribution in [2.75, 3.05) is 7.11 Å². The van der Waals surface area contributed by atoms with E-state index in [-0.39, 0.29) is 11.7 Å². The fraction of sp³-hybridized carbons (Fsp3) is 0.120. The van der Waals surface area contributed by atoms with Gasteiger partial charge in [-0.05, 0) is 30.7 Å². The van der Waals surface area contributed by atoms with E-state index < -0.39 is 4.92 Å². The van der Waals surface area contributed by atoms with Gasteiger partial charge in [0, 0.05) is 45.4 Å². The largest absolute Gasteiger partial charge is 0.465 e.